The molecule has 2 aromatic carbocycles. The zero-order chi connectivity index (χ0) is 19.2. The van der Waals surface area contributed by atoms with E-state index in [2.05, 4.69) is 15.5 Å². The third kappa shape index (κ3) is 4.61. The molecule has 0 radical (unpaired) electrons. The van der Waals surface area contributed by atoms with E-state index >= 15 is 0 Å². The summed E-state index contributed by atoms with van der Waals surface area (Å²) in [5.41, 5.74) is 1.00. The molecule has 10 heteroatoms. The van der Waals surface area contributed by atoms with E-state index in [0.29, 0.717) is 11.6 Å². The van der Waals surface area contributed by atoms with Crippen LogP contribution in [-0.4, -0.2) is 33.9 Å². The van der Waals surface area contributed by atoms with Gasteiger partial charge in [-0.2, -0.15) is 0 Å². The first-order valence-electron chi connectivity index (χ1n) is 7.71. The molecule has 27 heavy (non-hydrogen) atoms. The maximum Gasteiger partial charge on any atom is 0.311 e. The van der Waals surface area contributed by atoms with Gasteiger partial charge in [0.25, 0.3) is 5.22 Å². The molecule has 0 aliphatic heterocycles. The van der Waals surface area contributed by atoms with Crippen LogP contribution in [0.25, 0.3) is 11.5 Å². The second-order valence-electron chi connectivity index (χ2n) is 5.22. The maximum atomic E-state index is 12.1. The summed E-state index contributed by atoms with van der Waals surface area (Å²) in [6, 6.07) is 13.4. The normalized spacial score (nSPS) is 10.4. The van der Waals surface area contributed by atoms with Gasteiger partial charge in [-0.05, 0) is 18.2 Å². The molecule has 0 aliphatic carbocycles. The number of aromatic nitrogens is 2. The van der Waals surface area contributed by atoms with Gasteiger partial charge >= 0.3 is 5.69 Å². The number of amides is 1. The number of thioether (sulfide) groups is 1. The number of carbonyl (C=O) groups excluding carboxylic acids is 1. The third-order valence-electron chi connectivity index (χ3n) is 3.41. The number of nitro benzene ring substituents is 1. The second kappa shape index (κ2) is 8.32. The fourth-order valence-corrected chi connectivity index (χ4v) is 2.76. The first-order chi connectivity index (χ1) is 13.1. The first kappa shape index (κ1) is 18.4. The van der Waals surface area contributed by atoms with E-state index in [-0.39, 0.29) is 28.3 Å². The van der Waals surface area contributed by atoms with Gasteiger partial charge in [0.15, 0.2) is 5.75 Å². The molecule has 1 heterocycles. The minimum atomic E-state index is -0.555. The Morgan fingerprint density at radius 2 is 2.04 bits per heavy atom. The Balaban J connectivity index is 1.59. The van der Waals surface area contributed by atoms with Gasteiger partial charge < -0.3 is 14.5 Å². The summed E-state index contributed by atoms with van der Waals surface area (Å²) in [5, 5.41) is 21.6. The number of rotatable bonds is 7. The van der Waals surface area contributed by atoms with Crippen molar-refractivity contribution in [1.29, 1.82) is 0 Å². The Morgan fingerprint density at radius 3 is 2.74 bits per heavy atom. The lowest BCUT2D eigenvalue weighted by atomic mass is 10.2. The number of nitro groups is 1. The molecule has 1 N–H and O–H groups in total. The van der Waals surface area contributed by atoms with Crippen molar-refractivity contribution in [2.24, 2.45) is 0 Å². The van der Waals surface area contributed by atoms with Crippen molar-refractivity contribution < 1.29 is 18.9 Å². The zero-order valence-corrected chi connectivity index (χ0v) is 14.9. The van der Waals surface area contributed by atoms with Crippen LogP contribution in [-0.2, 0) is 4.79 Å². The Bertz CT molecular complexity index is 961. The van der Waals surface area contributed by atoms with Crippen molar-refractivity contribution in [2.45, 2.75) is 5.22 Å². The van der Waals surface area contributed by atoms with Crippen LogP contribution in [0.2, 0.25) is 0 Å². The molecule has 0 aliphatic rings. The smallest absolute Gasteiger partial charge is 0.311 e. The highest BCUT2D eigenvalue weighted by atomic mass is 32.2. The van der Waals surface area contributed by atoms with Crippen molar-refractivity contribution >= 4 is 29.0 Å². The van der Waals surface area contributed by atoms with E-state index in [0.717, 1.165) is 17.3 Å². The van der Waals surface area contributed by atoms with E-state index in [1.165, 1.54) is 25.3 Å². The van der Waals surface area contributed by atoms with Gasteiger partial charge in [0.2, 0.25) is 11.8 Å². The number of carbonyl (C=O) groups is 1. The minimum absolute atomic E-state index is 0.0374. The van der Waals surface area contributed by atoms with Crippen LogP contribution < -0.4 is 10.1 Å². The van der Waals surface area contributed by atoms with Gasteiger partial charge in [0.05, 0.1) is 17.8 Å². The van der Waals surface area contributed by atoms with Crippen molar-refractivity contribution in [3.05, 3.63) is 58.6 Å². The predicted molar refractivity (Wildman–Crippen MR) is 98.7 cm³/mol. The second-order valence-corrected chi connectivity index (χ2v) is 6.15. The third-order valence-corrected chi connectivity index (χ3v) is 4.23. The predicted octanol–water partition coefficient (Wildman–Crippen LogP) is 3.38. The van der Waals surface area contributed by atoms with Crippen LogP contribution in [0.4, 0.5) is 11.4 Å². The Hall–Kier alpha value is -3.40. The number of nitrogens with zero attached hydrogens (tertiary/aromatic N) is 3. The highest BCUT2D eigenvalue weighted by molar-refractivity contribution is 7.99. The van der Waals surface area contributed by atoms with Gasteiger partial charge in [0.1, 0.15) is 0 Å². The van der Waals surface area contributed by atoms with Crippen molar-refractivity contribution in [3.8, 4) is 17.2 Å². The summed E-state index contributed by atoms with van der Waals surface area (Å²) in [5.74, 6) is 0.152. The highest BCUT2D eigenvalue weighted by Gasteiger charge is 2.16. The number of benzene rings is 2. The van der Waals surface area contributed by atoms with E-state index < -0.39 is 4.92 Å². The van der Waals surface area contributed by atoms with Crippen LogP contribution in [0.5, 0.6) is 5.75 Å². The molecule has 0 unspecified atom stereocenters. The van der Waals surface area contributed by atoms with Gasteiger partial charge in [-0.15, -0.1) is 10.2 Å². The lowest BCUT2D eigenvalue weighted by Gasteiger charge is -2.06. The number of anilines is 1. The highest BCUT2D eigenvalue weighted by Crippen LogP contribution is 2.30. The molecule has 0 spiro atoms. The van der Waals surface area contributed by atoms with Crippen LogP contribution in [0.15, 0.2) is 58.2 Å². The molecule has 0 saturated carbocycles. The average molecular weight is 386 g/mol. The molecule has 0 saturated heterocycles. The van der Waals surface area contributed by atoms with Crippen molar-refractivity contribution in [3.63, 3.8) is 0 Å². The minimum Gasteiger partial charge on any atom is -0.490 e. The molecule has 1 aromatic heterocycles. The number of hydrogen-bond acceptors (Lipinski definition) is 8. The topological polar surface area (TPSA) is 120 Å². The zero-order valence-electron chi connectivity index (χ0n) is 14.1. The molecule has 0 bridgehead atoms. The summed E-state index contributed by atoms with van der Waals surface area (Å²) < 4.78 is 10.5. The molecule has 3 rings (SSSR count). The summed E-state index contributed by atoms with van der Waals surface area (Å²) in [4.78, 5) is 22.4. The number of methoxy groups -OCH3 is 1. The molecule has 0 atom stereocenters. The van der Waals surface area contributed by atoms with Gasteiger partial charge in [0, 0.05) is 23.4 Å². The van der Waals surface area contributed by atoms with Gasteiger partial charge in [-0.25, -0.2) is 0 Å². The quantitative estimate of drug-likeness (QED) is 0.373. The summed E-state index contributed by atoms with van der Waals surface area (Å²) >= 11 is 1.09. The Kier molecular flexibility index (Phi) is 5.67. The van der Waals surface area contributed by atoms with Crippen LogP contribution in [0.1, 0.15) is 0 Å². The molecule has 1 amide bonds. The SMILES string of the molecule is COc1cc(NC(=O)CSc2nnc(-c3ccccc3)o2)ccc1[N+](=O)[O-]. The molecule has 3 aromatic rings. The Morgan fingerprint density at radius 1 is 1.26 bits per heavy atom. The number of nitrogens with one attached hydrogen (secondary N) is 1. The lowest BCUT2D eigenvalue weighted by Crippen LogP contribution is -2.14. The first-order valence-corrected chi connectivity index (χ1v) is 8.69. The monoisotopic (exact) mass is 386 g/mol. The number of hydrogen-bond donors (Lipinski definition) is 1. The van der Waals surface area contributed by atoms with E-state index in [1.807, 2.05) is 30.3 Å². The molecular weight excluding hydrogens is 372 g/mol. The lowest BCUT2D eigenvalue weighted by molar-refractivity contribution is -0.385. The molecule has 9 nitrogen and oxygen atoms in total. The van der Waals surface area contributed by atoms with E-state index in [1.54, 1.807) is 0 Å². The standard InChI is InChI=1S/C17H14N4O5S/c1-25-14-9-12(7-8-13(14)21(23)24)18-15(22)10-27-17-20-19-16(26-17)11-5-3-2-4-6-11/h2-9H,10H2,1H3,(H,18,22). The fraction of sp³-hybridized carbons (Fsp3) is 0.118. The van der Waals surface area contributed by atoms with Crippen LogP contribution in [0, 0.1) is 10.1 Å². The maximum absolute atomic E-state index is 12.1. The molecule has 138 valence electrons. The van der Waals surface area contributed by atoms with E-state index in [9.17, 15) is 14.9 Å². The summed E-state index contributed by atoms with van der Waals surface area (Å²) in [6.45, 7) is 0. The van der Waals surface area contributed by atoms with Gasteiger partial charge in [-0.1, -0.05) is 30.0 Å². The number of ether oxygens (including phenoxy) is 1. The average Bonchev–Trinajstić information content (AvgIpc) is 3.16. The van der Waals surface area contributed by atoms with Crippen LogP contribution >= 0.6 is 11.8 Å². The van der Waals surface area contributed by atoms with Gasteiger partial charge in [-0.3, -0.25) is 14.9 Å². The Labute approximate surface area is 157 Å². The van der Waals surface area contributed by atoms with Crippen molar-refractivity contribution in [2.75, 3.05) is 18.2 Å². The van der Waals surface area contributed by atoms with Crippen molar-refractivity contribution in [1.82, 2.24) is 10.2 Å². The van der Waals surface area contributed by atoms with E-state index in [4.69, 9.17) is 9.15 Å². The fourth-order valence-electron chi connectivity index (χ4n) is 2.20. The summed E-state index contributed by atoms with van der Waals surface area (Å²) in [6.07, 6.45) is 0. The summed E-state index contributed by atoms with van der Waals surface area (Å²) in [7, 11) is 1.32. The molecule has 0 fully saturated rings. The molecular formula is C17H14N4O5S. The van der Waals surface area contributed by atoms with Crippen LogP contribution in [0.3, 0.4) is 0 Å². The largest absolute Gasteiger partial charge is 0.490 e.